The van der Waals surface area contributed by atoms with Crippen molar-refractivity contribution in [1.29, 1.82) is 0 Å². The maximum atomic E-state index is 12.7. The molecule has 174 valence electrons. The lowest BCUT2D eigenvalue weighted by molar-refractivity contribution is 0.109. The van der Waals surface area contributed by atoms with E-state index in [1.807, 2.05) is 12.1 Å². The Morgan fingerprint density at radius 1 is 0.486 bits per heavy atom. The molecule has 37 heavy (non-hydrogen) atoms. The van der Waals surface area contributed by atoms with Crippen LogP contribution in [0.5, 0.6) is 0 Å². The maximum absolute atomic E-state index is 12.7. The zero-order valence-corrected chi connectivity index (χ0v) is 20.2. The van der Waals surface area contributed by atoms with Crippen LogP contribution in [0.3, 0.4) is 0 Å². The molecule has 0 saturated heterocycles. The van der Waals surface area contributed by atoms with Gasteiger partial charge in [0.15, 0.2) is 0 Å². The van der Waals surface area contributed by atoms with Crippen LogP contribution < -0.4 is 0 Å². The lowest BCUT2D eigenvalue weighted by Gasteiger charge is -2.58. The topological polar surface area (TPSA) is 20.2 Å². The van der Waals surface area contributed by atoms with E-state index in [0.29, 0.717) is 0 Å². The van der Waals surface area contributed by atoms with Gasteiger partial charge in [0.1, 0.15) is 5.60 Å². The van der Waals surface area contributed by atoms with Crippen molar-refractivity contribution in [3.63, 3.8) is 0 Å². The van der Waals surface area contributed by atoms with E-state index in [9.17, 15) is 5.11 Å². The van der Waals surface area contributed by atoms with Crippen LogP contribution in [0.15, 0.2) is 144 Å². The average Bonchev–Trinajstić information content (AvgIpc) is 3.42. The summed E-state index contributed by atoms with van der Waals surface area (Å²) in [5, 5.41) is 12.7. The van der Waals surface area contributed by atoms with Crippen molar-refractivity contribution in [2.24, 2.45) is 11.8 Å². The van der Waals surface area contributed by atoms with Gasteiger partial charge >= 0.3 is 0 Å². The molecule has 5 aliphatic carbocycles. The normalized spacial score (nSPS) is 23.5. The van der Waals surface area contributed by atoms with Crippen molar-refractivity contribution in [3.05, 3.63) is 166 Å². The number of fused-ring (bicyclic) bond motifs is 10. The second kappa shape index (κ2) is 6.56. The molecule has 0 bridgehead atoms. The monoisotopic (exact) mass is 472 g/mol. The van der Waals surface area contributed by atoms with Crippen molar-refractivity contribution < 1.29 is 5.11 Å². The molecule has 1 heteroatoms. The summed E-state index contributed by atoms with van der Waals surface area (Å²) >= 11 is 0. The lowest BCUT2D eigenvalue weighted by atomic mass is 9.44. The highest BCUT2D eigenvalue weighted by molar-refractivity contribution is 5.90. The molecule has 4 aromatic carbocycles. The van der Waals surface area contributed by atoms with E-state index in [-0.39, 0.29) is 17.3 Å². The molecule has 1 fully saturated rings. The van der Waals surface area contributed by atoms with Gasteiger partial charge in [-0.3, -0.25) is 0 Å². The molecule has 0 radical (unpaired) electrons. The molecule has 2 unspecified atom stereocenters. The lowest BCUT2D eigenvalue weighted by Crippen LogP contribution is -2.53. The van der Waals surface area contributed by atoms with Gasteiger partial charge in [-0.05, 0) is 50.1 Å². The minimum Gasteiger partial charge on any atom is -0.376 e. The van der Waals surface area contributed by atoms with Gasteiger partial charge in [0.2, 0.25) is 0 Å². The quantitative estimate of drug-likeness (QED) is 0.304. The highest BCUT2D eigenvalue weighted by atomic mass is 16.3. The number of aliphatic hydroxyl groups is 1. The molecular weight excluding hydrogens is 448 g/mol. The van der Waals surface area contributed by atoms with E-state index in [4.69, 9.17) is 0 Å². The van der Waals surface area contributed by atoms with Crippen LogP contribution in [0.4, 0.5) is 0 Å². The molecule has 1 saturated carbocycles. The van der Waals surface area contributed by atoms with E-state index in [0.717, 1.165) is 27.8 Å². The minimum atomic E-state index is -1.14. The fourth-order valence-corrected chi connectivity index (χ4v) is 8.27. The summed E-state index contributed by atoms with van der Waals surface area (Å²) in [6, 6.07) is 34.6. The maximum Gasteiger partial charge on any atom is 0.138 e. The molecule has 4 aromatic rings. The summed E-state index contributed by atoms with van der Waals surface area (Å²) in [5.41, 5.74) is 12.4. The SMILES string of the molecule is OC1(C2=CC=C3C4C(=CC=CC24)C32c3ccccc3-c3ccccc32)c2ccccc2-c2ccccc21. The first kappa shape index (κ1) is 19.9. The van der Waals surface area contributed by atoms with Gasteiger partial charge in [0.25, 0.3) is 0 Å². The first-order valence-corrected chi connectivity index (χ1v) is 13.2. The van der Waals surface area contributed by atoms with Crippen molar-refractivity contribution in [2.45, 2.75) is 11.0 Å². The van der Waals surface area contributed by atoms with Gasteiger partial charge in [0, 0.05) is 23.0 Å². The highest BCUT2D eigenvalue weighted by Gasteiger charge is 2.64. The molecule has 0 amide bonds. The van der Waals surface area contributed by atoms with Crippen molar-refractivity contribution in [3.8, 4) is 22.3 Å². The first-order valence-electron chi connectivity index (χ1n) is 13.2. The molecule has 0 aliphatic heterocycles. The Balaban J connectivity index is 1.31. The second-order valence-electron chi connectivity index (χ2n) is 10.9. The van der Waals surface area contributed by atoms with Crippen LogP contribution in [0.1, 0.15) is 22.3 Å². The Hall–Kier alpha value is -4.20. The van der Waals surface area contributed by atoms with Crippen LogP contribution >= 0.6 is 0 Å². The van der Waals surface area contributed by atoms with Crippen LogP contribution in [0, 0.1) is 11.8 Å². The Bertz CT molecular complexity index is 1720. The third-order valence-electron chi connectivity index (χ3n) is 9.59. The number of benzene rings is 4. The van der Waals surface area contributed by atoms with Crippen LogP contribution in [0.25, 0.3) is 22.3 Å². The molecule has 0 heterocycles. The van der Waals surface area contributed by atoms with E-state index in [1.165, 1.54) is 33.4 Å². The van der Waals surface area contributed by atoms with E-state index in [1.54, 1.807) is 0 Å². The molecular formula is C36H24O. The standard InChI is InChI=1S/C36H24O/c37-36(29-17-7-3-12-24(29)25-13-4-8-18-30(25)36)31-20-21-33-34-26(31)14-9-19-32(34)35(33)27-15-5-1-10-22(27)23-11-2-6-16-28(23)35/h1-21,26,34,37H. The Kier molecular flexibility index (Phi) is 3.53. The van der Waals surface area contributed by atoms with Crippen molar-refractivity contribution in [2.75, 3.05) is 0 Å². The summed E-state index contributed by atoms with van der Waals surface area (Å²) in [7, 11) is 0. The Labute approximate surface area is 216 Å². The van der Waals surface area contributed by atoms with E-state index < -0.39 is 5.60 Å². The first-order chi connectivity index (χ1) is 18.3. The van der Waals surface area contributed by atoms with E-state index in [2.05, 4.69) is 115 Å². The number of hydrogen-bond donors (Lipinski definition) is 1. The third kappa shape index (κ3) is 2.07. The summed E-state index contributed by atoms with van der Waals surface area (Å²) in [5.74, 6) is 0.392. The van der Waals surface area contributed by atoms with Crippen molar-refractivity contribution >= 4 is 0 Å². The second-order valence-corrected chi connectivity index (χ2v) is 10.9. The van der Waals surface area contributed by atoms with Gasteiger partial charge in [-0.1, -0.05) is 127 Å². The number of allylic oxidation sites excluding steroid dienone is 7. The number of rotatable bonds is 1. The van der Waals surface area contributed by atoms with Gasteiger partial charge in [-0.25, -0.2) is 0 Å². The molecule has 9 rings (SSSR count). The highest BCUT2D eigenvalue weighted by Crippen LogP contribution is 2.71. The molecule has 1 N–H and O–H groups in total. The number of hydrogen-bond acceptors (Lipinski definition) is 1. The Morgan fingerprint density at radius 3 is 1.49 bits per heavy atom. The summed E-state index contributed by atoms with van der Waals surface area (Å²) in [4.78, 5) is 0. The fourth-order valence-electron chi connectivity index (χ4n) is 8.27. The minimum absolute atomic E-state index is 0.120. The molecule has 0 aromatic heterocycles. The van der Waals surface area contributed by atoms with Crippen LogP contribution in [-0.4, -0.2) is 5.11 Å². The molecule has 5 aliphatic rings. The smallest absolute Gasteiger partial charge is 0.138 e. The van der Waals surface area contributed by atoms with Gasteiger partial charge in [0.05, 0.1) is 5.41 Å². The summed E-state index contributed by atoms with van der Waals surface area (Å²) in [6.45, 7) is 0. The predicted octanol–water partition coefficient (Wildman–Crippen LogP) is 7.48. The van der Waals surface area contributed by atoms with Gasteiger partial charge in [-0.2, -0.15) is 0 Å². The van der Waals surface area contributed by atoms with Crippen LogP contribution in [0.2, 0.25) is 0 Å². The third-order valence-corrected chi connectivity index (χ3v) is 9.59. The van der Waals surface area contributed by atoms with Gasteiger partial charge in [-0.15, -0.1) is 0 Å². The largest absolute Gasteiger partial charge is 0.376 e. The average molecular weight is 473 g/mol. The summed E-state index contributed by atoms with van der Waals surface area (Å²) < 4.78 is 0. The van der Waals surface area contributed by atoms with Crippen LogP contribution in [-0.2, 0) is 11.0 Å². The zero-order chi connectivity index (χ0) is 24.4. The van der Waals surface area contributed by atoms with Gasteiger partial charge < -0.3 is 5.11 Å². The molecule has 1 spiro atoms. The fraction of sp³-hybridized carbons (Fsp3) is 0.111. The Morgan fingerprint density at radius 2 is 0.919 bits per heavy atom. The predicted molar refractivity (Wildman–Crippen MR) is 148 cm³/mol. The summed E-state index contributed by atoms with van der Waals surface area (Å²) in [6.07, 6.45) is 11.5. The van der Waals surface area contributed by atoms with E-state index >= 15 is 0 Å². The zero-order valence-electron chi connectivity index (χ0n) is 20.2. The van der Waals surface area contributed by atoms with Crippen molar-refractivity contribution in [1.82, 2.24) is 0 Å². The molecule has 2 atom stereocenters. The molecule has 1 nitrogen and oxygen atoms in total.